The minimum absolute atomic E-state index is 0.437. The molecule has 3 nitrogen and oxygen atoms in total. The highest BCUT2D eigenvalue weighted by molar-refractivity contribution is 4.97. The third-order valence-electron chi connectivity index (χ3n) is 5.16. The maximum Gasteiger partial charge on any atom is 0.0309 e. The fraction of sp³-hybridized carbons (Fsp3) is 1.00. The third kappa shape index (κ3) is 3.71. The van der Waals surface area contributed by atoms with E-state index in [0.29, 0.717) is 5.54 Å². The van der Waals surface area contributed by atoms with Crippen molar-refractivity contribution in [3.05, 3.63) is 0 Å². The molecule has 0 aromatic heterocycles. The minimum atomic E-state index is 0.437. The van der Waals surface area contributed by atoms with Gasteiger partial charge < -0.3 is 5.32 Å². The van der Waals surface area contributed by atoms with Crippen molar-refractivity contribution in [1.29, 1.82) is 0 Å². The molecule has 2 aliphatic rings. The Morgan fingerprint density at radius 1 is 1.26 bits per heavy atom. The van der Waals surface area contributed by atoms with Crippen LogP contribution in [0, 0.1) is 0 Å². The predicted molar refractivity (Wildman–Crippen MR) is 82.6 cm³/mol. The smallest absolute Gasteiger partial charge is 0.0309 e. The Morgan fingerprint density at radius 2 is 2.05 bits per heavy atom. The van der Waals surface area contributed by atoms with Gasteiger partial charge in [0.25, 0.3) is 0 Å². The number of likely N-dealkylation sites (tertiary alicyclic amines) is 1. The summed E-state index contributed by atoms with van der Waals surface area (Å²) < 4.78 is 0. The van der Waals surface area contributed by atoms with E-state index >= 15 is 0 Å². The Morgan fingerprint density at radius 3 is 2.63 bits per heavy atom. The van der Waals surface area contributed by atoms with Crippen LogP contribution >= 0.6 is 0 Å². The highest BCUT2D eigenvalue weighted by atomic mass is 15.3. The van der Waals surface area contributed by atoms with Crippen LogP contribution in [0.5, 0.6) is 0 Å². The number of nitrogens with zero attached hydrogens (tertiary/aromatic N) is 2. The molecule has 2 aliphatic heterocycles. The molecule has 2 heterocycles. The molecule has 2 unspecified atom stereocenters. The summed E-state index contributed by atoms with van der Waals surface area (Å²) >= 11 is 0. The molecule has 0 aromatic carbocycles. The average Bonchev–Trinajstić information content (AvgIpc) is 3.03. The van der Waals surface area contributed by atoms with E-state index in [1.54, 1.807) is 0 Å². The molecule has 19 heavy (non-hydrogen) atoms. The SMILES string of the molecule is CCCC1(CN2CCC(N(CC)CC)C2)CCCN1. The Bertz CT molecular complexity index is 257. The highest BCUT2D eigenvalue weighted by Crippen LogP contribution is 2.28. The second kappa shape index (κ2) is 7.05. The summed E-state index contributed by atoms with van der Waals surface area (Å²) in [5.41, 5.74) is 0.437. The Kier molecular flexibility index (Phi) is 5.67. The molecule has 112 valence electrons. The Labute approximate surface area is 119 Å². The Hall–Kier alpha value is -0.120. The lowest BCUT2D eigenvalue weighted by molar-refractivity contribution is 0.180. The zero-order valence-corrected chi connectivity index (χ0v) is 13.2. The van der Waals surface area contributed by atoms with Crippen LogP contribution in [-0.4, -0.2) is 60.6 Å². The van der Waals surface area contributed by atoms with Gasteiger partial charge in [-0.1, -0.05) is 27.2 Å². The van der Waals surface area contributed by atoms with Crippen molar-refractivity contribution in [1.82, 2.24) is 15.1 Å². The van der Waals surface area contributed by atoms with Crippen LogP contribution in [0.1, 0.15) is 52.9 Å². The molecule has 2 saturated heterocycles. The van der Waals surface area contributed by atoms with Crippen molar-refractivity contribution < 1.29 is 0 Å². The number of nitrogens with one attached hydrogen (secondary N) is 1. The van der Waals surface area contributed by atoms with Crippen LogP contribution in [0.2, 0.25) is 0 Å². The highest BCUT2D eigenvalue weighted by Gasteiger charge is 2.36. The molecule has 0 aliphatic carbocycles. The summed E-state index contributed by atoms with van der Waals surface area (Å²) in [6.45, 7) is 14.4. The van der Waals surface area contributed by atoms with Gasteiger partial charge in [-0.15, -0.1) is 0 Å². The summed E-state index contributed by atoms with van der Waals surface area (Å²) in [4.78, 5) is 5.35. The van der Waals surface area contributed by atoms with Gasteiger partial charge in [-0.05, 0) is 51.9 Å². The van der Waals surface area contributed by atoms with E-state index < -0.39 is 0 Å². The summed E-state index contributed by atoms with van der Waals surface area (Å²) in [5.74, 6) is 0. The topological polar surface area (TPSA) is 18.5 Å². The van der Waals surface area contributed by atoms with Crippen LogP contribution in [0.3, 0.4) is 0 Å². The van der Waals surface area contributed by atoms with Crippen molar-refractivity contribution in [2.45, 2.75) is 64.5 Å². The van der Waals surface area contributed by atoms with Crippen molar-refractivity contribution in [3.8, 4) is 0 Å². The van der Waals surface area contributed by atoms with Crippen LogP contribution in [0.15, 0.2) is 0 Å². The molecule has 1 N–H and O–H groups in total. The fourth-order valence-corrected chi connectivity index (χ4v) is 4.20. The average molecular weight is 267 g/mol. The maximum atomic E-state index is 3.81. The fourth-order valence-electron chi connectivity index (χ4n) is 4.20. The first-order chi connectivity index (χ1) is 9.23. The molecule has 2 fully saturated rings. The van der Waals surface area contributed by atoms with E-state index in [0.717, 1.165) is 6.04 Å². The zero-order chi connectivity index (χ0) is 13.7. The van der Waals surface area contributed by atoms with E-state index in [4.69, 9.17) is 0 Å². The standard InChI is InChI=1S/C16H33N3/c1-4-9-16(10-7-11-17-16)14-18-12-8-15(13-18)19(5-2)6-3/h15,17H,4-14H2,1-3H3. The molecular weight excluding hydrogens is 234 g/mol. The molecule has 3 heteroatoms. The molecule has 0 amide bonds. The van der Waals surface area contributed by atoms with Gasteiger partial charge >= 0.3 is 0 Å². The van der Waals surface area contributed by atoms with Gasteiger partial charge in [-0.25, -0.2) is 0 Å². The second-order valence-corrected chi connectivity index (χ2v) is 6.46. The number of likely N-dealkylation sites (N-methyl/N-ethyl adjacent to an activating group) is 1. The molecule has 0 aromatic rings. The van der Waals surface area contributed by atoms with Crippen LogP contribution in [0.25, 0.3) is 0 Å². The third-order valence-corrected chi connectivity index (χ3v) is 5.16. The zero-order valence-electron chi connectivity index (χ0n) is 13.2. The van der Waals surface area contributed by atoms with Crippen LogP contribution in [-0.2, 0) is 0 Å². The Balaban J connectivity index is 1.86. The summed E-state index contributed by atoms with van der Waals surface area (Å²) in [5, 5.41) is 3.81. The first kappa shape index (κ1) is 15.3. The second-order valence-electron chi connectivity index (χ2n) is 6.46. The van der Waals surface area contributed by atoms with Gasteiger partial charge in [0.15, 0.2) is 0 Å². The van der Waals surface area contributed by atoms with Crippen molar-refractivity contribution in [2.75, 3.05) is 39.3 Å². The molecule has 0 saturated carbocycles. The van der Waals surface area contributed by atoms with Gasteiger partial charge in [-0.3, -0.25) is 9.80 Å². The minimum Gasteiger partial charge on any atom is -0.310 e. The first-order valence-corrected chi connectivity index (χ1v) is 8.44. The first-order valence-electron chi connectivity index (χ1n) is 8.44. The van der Waals surface area contributed by atoms with E-state index in [1.165, 1.54) is 71.4 Å². The summed E-state index contributed by atoms with van der Waals surface area (Å²) in [6.07, 6.45) is 6.77. The lowest BCUT2D eigenvalue weighted by Gasteiger charge is -2.34. The predicted octanol–water partition coefficient (Wildman–Crippen LogP) is 2.32. The molecule has 2 rings (SSSR count). The van der Waals surface area contributed by atoms with Gasteiger partial charge in [0.1, 0.15) is 0 Å². The van der Waals surface area contributed by atoms with Gasteiger partial charge in [0.2, 0.25) is 0 Å². The van der Waals surface area contributed by atoms with E-state index in [1.807, 2.05) is 0 Å². The molecule has 2 atom stereocenters. The number of hydrogen-bond acceptors (Lipinski definition) is 3. The maximum absolute atomic E-state index is 3.81. The molecule has 0 radical (unpaired) electrons. The summed E-state index contributed by atoms with van der Waals surface area (Å²) in [6, 6.07) is 0.801. The molecule has 0 bridgehead atoms. The lowest BCUT2D eigenvalue weighted by atomic mass is 9.91. The van der Waals surface area contributed by atoms with Crippen molar-refractivity contribution in [3.63, 3.8) is 0 Å². The lowest BCUT2D eigenvalue weighted by Crippen LogP contribution is -2.50. The van der Waals surface area contributed by atoms with E-state index in [2.05, 4.69) is 35.9 Å². The normalized spacial score (nSPS) is 32.5. The van der Waals surface area contributed by atoms with Crippen molar-refractivity contribution in [2.24, 2.45) is 0 Å². The summed E-state index contributed by atoms with van der Waals surface area (Å²) in [7, 11) is 0. The van der Waals surface area contributed by atoms with Gasteiger partial charge in [0, 0.05) is 24.7 Å². The van der Waals surface area contributed by atoms with Gasteiger partial charge in [-0.2, -0.15) is 0 Å². The molecule has 0 spiro atoms. The number of hydrogen-bond donors (Lipinski definition) is 1. The van der Waals surface area contributed by atoms with Gasteiger partial charge in [0.05, 0.1) is 0 Å². The quantitative estimate of drug-likeness (QED) is 0.764. The molecular formula is C16H33N3. The van der Waals surface area contributed by atoms with Crippen molar-refractivity contribution >= 4 is 0 Å². The number of rotatable bonds is 7. The van der Waals surface area contributed by atoms with E-state index in [9.17, 15) is 0 Å². The van der Waals surface area contributed by atoms with Crippen LogP contribution in [0.4, 0.5) is 0 Å². The van der Waals surface area contributed by atoms with E-state index in [-0.39, 0.29) is 0 Å². The largest absolute Gasteiger partial charge is 0.310 e. The van der Waals surface area contributed by atoms with Crippen LogP contribution < -0.4 is 5.32 Å². The monoisotopic (exact) mass is 267 g/mol.